The van der Waals surface area contributed by atoms with Crippen molar-refractivity contribution in [2.24, 2.45) is 11.1 Å². The average Bonchev–Trinajstić information content (AvgIpc) is 2.46. The maximum Gasteiger partial charge on any atom is 0.0383 e. The number of rotatable bonds is 4. The first-order valence-corrected chi connectivity index (χ1v) is 8.66. The molecular formula is C17H35N3. The quantitative estimate of drug-likeness (QED) is 0.860. The van der Waals surface area contributed by atoms with Crippen LogP contribution in [0.5, 0.6) is 0 Å². The molecule has 2 atom stereocenters. The molecule has 1 aliphatic heterocycles. The third kappa shape index (κ3) is 2.77. The van der Waals surface area contributed by atoms with Crippen LogP contribution in [0.2, 0.25) is 0 Å². The Morgan fingerprint density at radius 1 is 1.05 bits per heavy atom. The average molecular weight is 281 g/mol. The summed E-state index contributed by atoms with van der Waals surface area (Å²) in [6.45, 7) is 15.2. The minimum Gasteiger partial charge on any atom is -0.329 e. The van der Waals surface area contributed by atoms with E-state index in [1.807, 2.05) is 0 Å². The van der Waals surface area contributed by atoms with Crippen molar-refractivity contribution < 1.29 is 0 Å². The van der Waals surface area contributed by atoms with Crippen LogP contribution < -0.4 is 5.73 Å². The number of hydrogen-bond donors (Lipinski definition) is 1. The van der Waals surface area contributed by atoms with Crippen molar-refractivity contribution in [2.45, 2.75) is 71.4 Å². The first kappa shape index (κ1) is 16.3. The summed E-state index contributed by atoms with van der Waals surface area (Å²) >= 11 is 0. The SMILES string of the molecule is CCC(C)N1CCN(C2(CN)CCCCC2(C)C)CC1. The Morgan fingerprint density at radius 2 is 1.65 bits per heavy atom. The third-order valence-electron chi connectivity index (χ3n) is 6.37. The van der Waals surface area contributed by atoms with Gasteiger partial charge in [0.05, 0.1) is 0 Å². The van der Waals surface area contributed by atoms with E-state index in [-0.39, 0.29) is 5.54 Å². The van der Waals surface area contributed by atoms with E-state index in [4.69, 9.17) is 5.73 Å². The topological polar surface area (TPSA) is 32.5 Å². The molecule has 2 N–H and O–H groups in total. The van der Waals surface area contributed by atoms with Gasteiger partial charge in [0.15, 0.2) is 0 Å². The van der Waals surface area contributed by atoms with E-state index in [1.165, 1.54) is 58.3 Å². The first-order valence-electron chi connectivity index (χ1n) is 8.66. The van der Waals surface area contributed by atoms with Gasteiger partial charge in [0.1, 0.15) is 0 Å². The lowest BCUT2D eigenvalue weighted by atomic mass is 9.62. The van der Waals surface area contributed by atoms with Crippen LogP contribution in [0, 0.1) is 5.41 Å². The zero-order valence-electron chi connectivity index (χ0n) is 14.1. The van der Waals surface area contributed by atoms with E-state index in [0.29, 0.717) is 5.41 Å². The second-order valence-electron chi connectivity index (χ2n) is 7.61. The van der Waals surface area contributed by atoms with Gasteiger partial charge >= 0.3 is 0 Å². The molecule has 1 heterocycles. The Labute approximate surface area is 125 Å². The van der Waals surface area contributed by atoms with Crippen molar-refractivity contribution in [3.05, 3.63) is 0 Å². The molecule has 2 fully saturated rings. The van der Waals surface area contributed by atoms with Crippen LogP contribution in [0.25, 0.3) is 0 Å². The van der Waals surface area contributed by atoms with Crippen LogP contribution in [0.4, 0.5) is 0 Å². The molecule has 2 rings (SSSR count). The number of nitrogens with two attached hydrogens (primary N) is 1. The largest absolute Gasteiger partial charge is 0.329 e. The van der Waals surface area contributed by atoms with Gasteiger partial charge in [0.2, 0.25) is 0 Å². The summed E-state index contributed by atoms with van der Waals surface area (Å²) in [6.07, 6.45) is 6.61. The monoisotopic (exact) mass is 281 g/mol. The molecule has 1 saturated carbocycles. The highest BCUT2D eigenvalue weighted by Gasteiger charge is 2.49. The molecule has 1 saturated heterocycles. The first-order chi connectivity index (χ1) is 9.47. The van der Waals surface area contributed by atoms with E-state index < -0.39 is 0 Å². The minimum absolute atomic E-state index is 0.243. The van der Waals surface area contributed by atoms with E-state index in [2.05, 4.69) is 37.5 Å². The molecule has 3 nitrogen and oxygen atoms in total. The Morgan fingerprint density at radius 3 is 2.15 bits per heavy atom. The van der Waals surface area contributed by atoms with Gasteiger partial charge in [-0.15, -0.1) is 0 Å². The maximum atomic E-state index is 6.31. The highest BCUT2D eigenvalue weighted by atomic mass is 15.3. The van der Waals surface area contributed by atoms with Gasteiger partial charge in [0.25, 0.3) is 0 Å². The Balaban J connectivity index is 2.06. The number of hydrogen-bond acceptors (Lipinski definition) is 3. The third-order valence-corrected chi connectivity index (χ3v) is 6.37. The molecule has 0 bridgehead atoms. The number of nitrogens with zero attached hydrogens (tertiary/aromatic N) is 2. The summed E-state index contributed by atoms with van der Waals surface area (Å²) in [5.74, 6) is 0. The zero-order chi connectivity index (χ0) is 14.8. The van der Waals surface area contributed by atoms with Gasteiger partial charge in [-0.25, -0.2) is 0 Å². The van der Waals surface area contributed by atoms with E-state index in [9.17, 15) is 0 Å². The summed E-state index contributed by atoms with van der Waals surface area (Å²) < 4.78 is 0. The zero-order valence-corrected chi connectivity index (χ0v) is 14.1. The molecule has 0 aromatic carbocycles. The molecule has 2 aliphatic rings. The smallest absolute Gasteiger partial charge is 0.0383 e. The lowest BCUT2D eigenvalue weighted by molar-refractivity contribution is -0.0688. The van der Waals surface area contributed by atoms with Crippen molar-refractivity contribution >= 4 is 0 Å². The van der Waals surface area contributed by atoms with Gasteiger partial charge < -0.3 is 5.73 Å². The van der Waals surface area contributed by atoms with Gasteiger partial charge in [-0.3, -0.25) is 9.80 Å². The van der Waals surface area contributed by atoms with Crippen molar-refractivity contribution in [2.75, 3.05) is 32.7 Å². The van der Waals surface area contributed by atoms with Crippen LogP contribution >= 0.6 is 0 Å². The van der Waals surface area contributed by atoms with Gasteiger partial charge in [0, 0.05) is 44.3 Å². The summed E-state index contributed by atoms with van der Waals surface area (Å²) in [7, 11) is 0. The van der Waals surface area contributed by atoms with Crippen molar-refractivity contribution in [3.63, 3.8) is 0 Å². The molecule has 20 heavy (non-hydrogen) atoms. The molecule has 0 spiro atoms. The summed E-state index contributed by atoms with van der Waals surface area (Å²) in [6, 6.07) is 0.727. The lowest BCUT2D eigenvalue weighted by Crippen LogP contribution is -2.67. The molecule has 0 aromatic heterocycles. The Hall–Kier alpha value is -0.120. The van der Waals surface area contributed by atoms with Crippen LogP contribution in [0.15, 0.2) is 0 Å². The van der Waals surface area contributed by atoms with Crippen LogP contribution in [0.3, 0.4) is 0 Å². The molecular weight excluding hydrogens is 246 g/mol. The minimum atomic E-state index is 0.243. The Kier molecular flexibility index (Phi) is 5.14. The second-order valence-corrected chi connectivity index (χ2v) is 7.61. The molecule has 118 valence electrons. The maximum absolute atomic E-state index is 6.31. The van der Waals surface area contributed by atoms with Gasteiger partial charge in [-0.2, -0.15) is 0 Å². The summed E-state index contributed by atoms with van der Waals surface area (Å²) in [5, 5.41) is 0. The van der Waals surface area contributed by atoms with E-state index in [0.717, 1.165) is 12.6 Å². The fraction of sp³-hybridized carbons (Fsp3) is 1.00. The fourth-order valence-electron chi connectivity index (χ4n) is 4.50. The van der Waals surface area contributed by atoms with Gasteiger partial charge in [-0.1, -0.05) is 33.6 Å². The van der Waals surface area contributed by atoms with Crippen LogP contribution in [-0.2, 0) is 0 Å². The van der Waals surface area contributed by atoms with Crippen molar-refractivity contribution in [1.29, 1.82) is 0 Å². The highest BCUT2D eigenvalue weighted by molar-refractivity contribution is 5.06. The standard InChI is InChI=1S/C17H35N3/c1-5-15(2)19-10-12-20(13-11-19)17(14-18)9-7-6-8-16(17,3)4/h15H,5-14,18H2,1-4H3. The molecule has 0 radical (unpaired) electrons. The van der Waals surface area contributed by atoms with E-state index in [1.54, 1.807) is 0 Å². The molecule has 3 heteroatoms. The molecule has 2 unspecified atom stereocenters. The van der Waals surface area contributed by atoms with Gasteiger partial charge in [-0.05, 0) is 31.6 Å². The lowest BCUT2D eigenvalue weighted by Gasteiger charge is -2.58. The molecule has 0 aromatic rings. The Bertz CT molecular complexity index is 307. The number of piperazine rings is 1. The summed E-state index contributed by atoms with van der Waals surface area (Å²) in [4.78, 5) is 5.39. The van der Waals surface area contributed by atoms with E-state index >= 15 is 0 Å². The van der Waals surface area contributed by atoms with Crippen LogP contribution in [0.1, 0.15) is 59.8 Å². The predicted molar refractivity (Wildman–Crippen MR) is 86.9 cm³/mol. The molecule has 1 aliphatic carbocycles. The summed E-state index contributed by atoms with van der Waals surface area (Å²) in [5.41, 5.74) is 6.91. The second kappa shape index (κ2) is 6.33. The highest BCUT2D eigenvalue weighted by Crippen LogP contribution is 2.47. The van der Waals surface area contributed by atoms with Crippen molar-refractivity contribution in [1.82, 2.24) is 9.80 Å². The fourth-order valence-corrected chi connectivity index (χ4v) is 4.50. The predicted octanol–water partition coefficient (Wildman–Crippen LogP) is 2.70. The van der Waals surface area contributed by atoms with Crippen LogP contribution in [-0.4, -0.2) is 54.1 Å². The normalized spacial score (nSPS) is 34.0. The molecule has 0 amide bonds. The van der Waals surface area contributed by atoms with Crippen molar-refractivity contribution in [3.8, 4) is 0 Å².